The highest BCUT2D eigenvalue weighted by atomic mass is 32.2. The first-order valence-corrected chi connectivity index (χ1v) is 8.86. The second kappa shape index (κ2) is 7.41. The maximum absolute atomic E-state index is 12.9. The zero-order valence-electron chi connectivity index (χ0n) is 13.2. The second-order valence-corrected chi connectivity index (χ2v) is 6.92. The van der Waals surface area contributed by atoms with Gasteiger partial charge in [0.05, 0.1) is 16.8 Å². The maximum atomic E-state index is 12.9. The number of sulfonamides is 1. The minimum atomic E-state index is -3.75. The molecular formula is C16H20FN3O2S. The molecule has 0 amide bonds. The number of aromatic nitrogens is 1. The molecule has 2 aromatic rings. The monoisotopic (exact) mass is 337 g/mol. The number of hydrogen-bond donors (Lipinski definition) is 1. The zero-order chi connectivity index (χ0) is 16.9. The molecule has 0 fully saturated rings. The molecule has 23 heavy (non-hydrogen) atoms. The van der Waals surface area contributed by atoms with E-state index in [1.807, 2.05) is 11.9 Å². The van der Waals surface area contributed by atoms with E-state index in [9.17, 15) is 12.8 Å². The summed E-state index contributed by atoms with van der Waals surface area (Å²) in [5.41, 5.74) is 0.363. The first-order chi connectivity index (χ1) is 10.9. The Morgan fingerprint density at radius 3 is 2.43 bits per heavy atom. The normalized spacial score (nSPS) is 11.3. The van der Waals surface area contributed by atoms with Gasteiger partial charge in [0.1, 0.15) is 11.6 Å². The van der Waals surface area contributed by atoms with Crippen LogP contribution in [0.5, 0.6) is 0 Å². The maximum Gasteiger partial charge on any atom is 0.261 e. The average Bonchev–Trinajstić information content (AvgIpc) is 2.53. The zero-order valence-corrected chi connectivity index (χ0v) is 14.0. The van der Waals surface area contributed by atoms with Gasteiger partial charge >= 0.3 is 0 Å². The van der Waals surface area contributed by atoms with Gasteiger partial charge in [0, 0.05) is 13.6 Å². The molecule has 1 heterocycles. The van der Waals surface area contributed by atoms with Gasteiger partial charge in [-0.1, -0.05) is 13.3 Å². The first kappa shape index (κ1) is 17.2. The van der Waals surface area contributed by atoms with Gasteiger partial charge in [0.2, 0.25) is 0 Å². The third-order valence-electron chi connectivity index (χ3n) is 3.36. The molecule has 0 saturated carbocycles. The lowest BCUT2D eigenvalue weighted by atomic mass is 10.3. The molecule has 0 aliphatic rings. The summed E-state index contributed by atoms with van der Waals surface area (Å²) < 4.78 is 39.7. The van der Waals surface area contributed by atoms with Gasteiger partial charge in [0.25, 0.3) is 10.0 Å². The van der Waals surface area contributed by atoms with Crippen molar-refractivity contribution in [3.8, 4) is 0 Å². The Morgan fingerprint density at radius 2 is 1.87 bits per heavy atom. The minimum Gasteiger partial charge on any atom is -0.360 e. The van der Waals surface area contributed by atoms with Crippen LogP contribution in [0.1, 0.15) is 19.8 Å². The topological polar surface area (TPSA) is 62.3 Å². The fourth-order valence-electron chi connectivity index (χ4n) is 2.01. The first-order valence-electron chi connectivity index (χ1n) is 7.38. The van der Waals surface area contributed by atoms with Crippen LogP contribution in [-0.4, -0.2) is 27.0 Å². The predicted octanol–water partition coefficient (Wildman–Crippen LogP) is 3.26. The van der Waals surface area contributed by atoms with E-state index < -0.39 is 15.8 Å². The van der Waals surface area contributed by atoms with Crippen molar-refractivity contribution >= 4 is 21.5 Å². The van der Waals surface area contributed by atoms with Crippen LogP contribution >= 0.6 is 0 Å². The summed E-state index contributed by atoms with van der Waals surface area (Å²) in [7, 11) is -1.80. The van der Waals surface area contributed by atoms with Crippen LogP contribution in [0.15, 0.2) is 47.5 Å². The SMILES string of the molecule is CCCCN(C)c1ccc(NS(=O)(=O)c2ccc(F)cc2)cn1. The molecule has 0 aliphatic heterocycles. The van der Waals surface area contributed by atoms with Crippen LogP contribution in [0.4, 0.5) is 15.9 Å². The number of nitrogens with zero attached hydrogens (tertiary/aromatic N) is 2. The molecule has 1 N–H and O–H groups in total. The summed E-state index contributed by atoms with van der Waals surface area (Å²) in [5.74, 6) is 0.299. The van der Waals surface area contributed by atoms with E-state index in [0.717, 1.165) is 37.3 Å². The molecule has 1 aromatic heterocycles. The van der Waals surface area contributed by atoms with E-state index in [2.05, 4.69) is 16.6 Å². The molecule has 2 rings (SSSR count). The van der Waals surface area contributed by atoms with Gasteiger partial charge in [-0.15, -0.1) is 0 Å². The number of nitrogens with one attached hydrogen (secondary N) is 1. The van der Waals surface area contributed by atoms with Gasteiger partial charge in [-0.05, 0) is 42.8 Å². The van der Waals surface area contributed by atoms with Gasteiger partial charge in [-0.3, -0.25) is 4.72 Å². The quantitative estimate of drug-likeness (QED) is 0.842. The molecule has 0 saturated heterocycles. The molecule has 7 heteroatoms. The fourth-order valence-corrected chi connectivity index (χ4v) is 3.05. The van der Waals surface area contributed by atoms with Crippen LogP contribution < -0.4 is 9.62 Å². The van der Waals surface area contributed by atoms with E-state index in [1.165, 1.54) is 18.3 Å². The van der Waals surface area contributed by atoms with E-state index in [1.54, 1.807) is 12.1 Å². The van der Waals surface area contributed by atoms with Gasteiger partial charge in [-0.25, -0.2) is 17.8 Å². The summed E-state index contributed by atoms with van der Waals surface area (Å²) in [4.78, 5) is 6.28. The highest BCUT2D eigenvalue weighted by Gasteiger charge is 2.14. The highest BCUT2D eigenvalue weighted by Crippen LogP contribution is 2.18. The van der Waals surface area contributed by atoms with Gasteiger partial charge in [-0.2, -0.15) is 0 Å². The number of benzene rings is 1. The Hall–Kier alpha value is -2.15. The molecule has 0 radical (unpaired) electrons. The lowest BCUT2D eigenvalue weighted by Crippen LogP contribution is -2.19. The number of halogens is 1. The van der Waals surface area contributed by atoms with E-state index in [4.69, 9.17) is 0 Å². The summed E-state index contributed by atoms with van der Waals surface area (Å²) >= 11 is 0. The van der Waals surface area contributed by atoms with Crippen molar-refractivity contribution in [1.82, 2.24) is 4.98 Å². The predicted molar refractivity (Wildman–Crippen MR) is 89.6 cm³/mol. The van der Waals surface area contributed by atoms with Crippen LogP contribution in [-0.2, 0) is 10.0 Å². The summed E-state index contributed by atoms with van der Waals surface area (Å²) in [5, 5.41) is 0. The van der Waals surface area contributed by atoms with Crippen molar-refractivity contribution in [3.05, 3.63) is 48.4 Å². The Labute approximate surface area is 136 Å². The van der Waals surface area contributed by atoms with Crippen LogP contribution in [0, 0.1) is 5.82 Å². The molecule has 0 unspecified atom stereocenters. The number of anilines is 2. The number of pyridine rings is 1. The van der Waals surface area contributed by atoms with Crippen LogP contribution in [0.3, 0.4) is 0 Å². The lowest BCUT2D eigenvalue weighted by molar-refractivity contribution is 0.599. The van der Waals surface area contributed by atoms with Gasteiger partial charge < -0.3 is 4.90 Å². The van der Waals surface area contributed by atoms with E-state index in [-0.39, 0.29) is 4.90 Å². The molecule has 1 aromatic carbocycles. The summed E-state index contributed by atoms with van der Waals surface area (Å²) in [6.07, 6.45) is 3.63. The number of rotatable bonds is 7. The lowest BCUT2D eigenvalue weighted by Gasteiger charge is -2.18. The van der Waals surface area contributed by atoms with E-state index >= 15 is 0 Å². The molecule has 0 atom stereocenters. The molecular weight excluding hydrogens is 317 g/mol. The van der Waals surface area contributed by atoms with Gasteiger partial charge in [0.15, 0.2) is 0 Å². The Kier molecular flexibility index (Phi) is 5.54. The van der Waals surface area contributed by atoms with Crippen molar-refractivity contribution in [3.63, 3.8) is 0 Å². The summed E-state index contributed by atoms with van der Waals surface area (Å²) in [6.45, 7) is 3.01. The average molecular weight is 337 g/mol. The van der Waals surface area contributed by atoms with Crippen molar-refractivity contribution in [2.45, 2.75) is 24.7 Å². The third kappa shape index (κ3) is 4.66. The largest absolute Gasteiger partial charge is 0.360 e. The fraction of sp³-hybridized carbons (Fsp3) is 0.312. The Bertz CT molecular complexity index is 731. The van der Waals surface area contributed by atoms with Crippen molar-refractivity contribution in [1.29, 1.82) is 0 Å². The third-order valence-corrected chi connectivity index (χ3v) is 4.76. The number of hydrogen-bond acceptors (Lipinski definition) is 4. The Balaban J connectivity index is 2.09. The molecule has 0 aliphatic carbocycles. The van der Waals surface area contributed by atoms with Crippen molar-refractivity contribution < 1.29 is 12.8 Å². The number of unbranched alkanes of at least 4 members (excludes halogenated alkanes) is 1. The highest BCUT2D eigenvalue weighted by molar-refractivity contribution is 7.92. The minimum absolute atomic E-state index is 0.00282. The molecule has 124 valence electrons. The smallest absolute Gasteiger partial charge is 0.261 e. The standard InChI is InChI=1S/C16H20FN3O2S/c1-3-4-11-20(2)16-10-7-14(12-18-16)19-23(21,22)15-8-5-13(17)6-9-15/h5-10,12,19H,3-4,11H2,1-2H3. The second-order valence-electron chi connectivity index (χ2n) is 5.24. The van der Waals surface area contributed by atoms with Crippen molar-refractivity contribution in [2.24, 2.45) is 0 Å². The molecule has 0 bridgehead atoms. The van der Waals surface area contributed by atoms with E-state index in [0.29, 0.717) is 5.69 Å². The molecule has 0 spiro atoms. The molecule has 5 nitrogen and oxygen atoms in total. The van der Waals surface area contributed by atoms with Crippen LogP contribution in [0.2, 0.25) is 0 Å². The Morgan fingerprint density at radius 1 is 1.17 bits per heavy atom. The van der Waals surface area contributed by atoms with Crippen molar-refractivity contribution in [2.75, 3.05) is 23.2 Å². The summed E-state index contributed by atoms with van der Waals surface area (Å²) in [6, 6.07) is 8.08. The van der Waals surface area contributed by atoms with Crippen LogP contribution in [0.25, 0.3) is 0 Å².